The predicted octanol–water partition coefficient (Wildman–Crippen LogP) is 12.1. The summed E-state index contributed by atoms with van der Waals surface area (Å²) in [5.41, 5.74) is 10.1. The molecule has 0 atom stereocenters. The van der Waals surface area contributed by atoms with Crippen LogP contribution in [-0.2, 0) is 0 Å². The van der Waals surface area contributed by atoms with Gasteiger partial charge in [-0.1, -0.05) is 170 Å². The Morgan fingerprint density at radius 3 is 1.29 bits per heavy atom. The largest absolute Gasteiger partial charge is 0.208 e. The smallest absolute Gasteiger partial charge is 0.164 e. The highest BCUT2D eigenvalue weighted by Crippen LogP contribution is 2.45. The number of nitrogens with zero attached hydrogens (tertiary/aromatic N) is 4. The Kier molecular flexibility index (Phi) is 7.85. The first-order valence-corrected chi connectivity index (χ1v) is 17.3. The molecule has 0 aliphatic rings. The third kappa shape index (κ3) is 5.67. The van der Waals surface area contributed by atoms with Crippen LogP contribution in [0.5, 0.6) is 0 Å². The van der Waals surface area contributed by atoms with E-state index >= 15 is 0 Å². The highest BCUT2D eigenvalue weighted by atomic mass is 15.0. The van der Waals surface area contributed by atoms with Crippen molar-refractivity contribution in [1.29, 1.82) is 5.26 Å². The summed E-state index contributed by atoms with van der Waals surface area (Å²) in [6, 6.07) is 64.8. The molecule has 4 nitrogen and oxygen atoms in total. The van der Waals surface area contributed by atoms with E-state index in [1.165, 1.54) is 16.2 Å². The predicted molar refractivity (Wildman–Crippen MR) is 212 cm³/mol. The molecule has 0 amide bonds. The van der Waals surface area contributed by atoms with Gasteiger partial charge in [0.1, 0.15) is 0 Å². The van der Waals surface area contributed by atoms with Crippen molar-refractivity contribution >= 4 is 21.5 Å². The van der Waals surface area contributed by atoms with E-state index < -0.39 is 0 Å². The van der Waals surface area contributed by atoms with Crippen molar-refractivity contribution in [3.8, 4) is 73.6 Å². The van der Waals surface area contributed by atoms with Crippen LogP contribution in [0, 0.1) is 11.3 Å². The number of nitriles is 1. The molecule has 0 aliphatic carbocycles. The monoisotopic (exact) mass is 662 g/mol. The van der Waals surface area contributed by atoms with Crippen molar-refractivity contribution in [1.82, 2.24) is 15.0 Å². The number of benzene rings is 8. The van der Waals surface area contributed by atoms with Crippen molar-refractivity contribution in [2.45, 2.75) is 0 Å². The molecular formula is C48H30N4. The maximum absolute atomic E-state index is 9.55. The summed E-state index contributed by atoms with van der Waals surface area (Å²) >= 11 is 0. The fraction of sp³-hybridized carbons (Fsp3) is 0. The molecule has 1 aromatic heterocycles. The zero-order valence-electron chi connectivity index (χ0n) is 28.1. The highest BCUT2D eigenvalue weighted by molar-refractivity contribution is 6.12. The molecule has 9 rings (SSSR count). The van der Waals surface area contributed by atoms with Gasteiger partial charge in [-0.05, 0) is 67.1 Å². The molecule has 1 heterocycles. The Balaban J connectivity index is 1.22. The summed E-state index contributed by atoms with van der Waals surface area (Å²) in [7, 11) is 0. The molecule has 0 saturated carbocycles. The van der Waals surface area contributed by atoms with Gasteiger partial charge >= 0.3 is 0 Å². The summed E-state index contributed by atoms with van der Waals surface area (Å²) in [5.74, 6) is 1.89. The Bertz CT molecular complexity index is 2710. The van der Waals surface area contributed by atoms with Gasteiger partial charge in [-0.25, -0.2) is 15.0 Å². The third-order valence-electron chi connectivity index (χ3n) is 9.58. The van der Waals surface area contributed by atoms with Crippen molar-refractivity contribution < 1.29 is 0 Å². The van der Waals surface area contributed by atoms with Crippen molar-refractivity contribution in [3.05, 3.63) is 188 Å². The van der Waals surface area contributed by atoms with Crippen LogP contribution >= 0.6 is 0 Å². The topological polar surface area (TPSA) is 62.5 Å². The van der Waals surface area contributed by atoms with Gasteiger partial charge in [0.2, 0.25) is 0 Å². The molecule has 242 valence electrons. The maximum atomic E-state index is 9.55. The Morgan fingerprint density at radius 1 is 0.327 bits per heavy atom. The molecule has 0 N–H and O–H groups in total. The second-order valence-electron chi connectivity index (χ2n) is 12.7. The van der Waals surface area contributed by atoms with E-state index in [1.807, 2.05) is 72.8 Å². The van der Waals surface area contributed by atoms with Crippen molar-refractivity contribution in [2.75, 3.05) is 0 Å². The lowest BCUT2D eigenvalue weighted by molar-refractivity contribution is 1.07. The lowest BCUT2D eigenvalue weighted by Gasteiger charge is -2.19. The molecule has 4 heteroatoms. The molecule has 0 fully saturated rings. The molecule has 52 heavy (non-hydrogen) atoms. The summed E-state index contributed by atoms with van der Waals surface area (Å²) in [4.78, 5) is 14.8. The van der Waals surface area contributed by atoms with Gasteiger partial charge in [0.25, 0.3) is 0 Å². The summed E-state index contributed by atoms with van der Waals surface area (Å²) in [6.07, 6.45) is 0. The highest BCUT2D eigenvalue weighted by Gasteiger charge is 2.19. The van der Waals surface area contributed by atoms with Gasteiger partial charge in [0.15, 0.2) is 17.5 Å². The minimum absolute atomic E-state index is 0.621. The van der Waals surface area contributed by atoms with Crippen LogP contribution in [0.25, 0.3) is 89.1 Å². The maximum Gasteiger partial charge on any atom is 0.164 e. The van der Waals surface area contributed by atoms with Gasteiger partial charge in [0.05, 0.1) is 11.6 Å². The van der Waals surface area contributed by atoms with Gasteiger partial charge < -0.3 is 0 Å². The molecule has 8 aromatic carbocycles. The second-order valence-corrected chi connectivity index (χ2v) is 12.7. The van der Waals surface area contributed by atoms with E-state index in [0.29, 0.717) is 23.0 Å². The summed E-state index contributed by atoms with van der Waals surface area (Å²) in [5, 5.41) is 14.2. The molecule has 0 radical (unpaired) electrons. The Morgan fingerprint density at radius 2 is 0.750 bits per heavy atom. The van der Waals surface area contributed by atoms with Gasteiger partial charge in [-0.15, -0.1) is 0 Å². The van der Waals surface area contributed by atoms with E-state index in [1.54, 1.807) is 0 Å². The lowest BCUT2D eigenvalue weighted by Crippen LogP contribution is -2.00. The van der Waals surface area contributed by atoms with Crippen molar-refractivity contribution in [2.24, 2.45) is 0 Å². The van der Waals surface area contributed by atoms with Crippen LogP contribution in [-0.4, -0.2) is 15.0 Å². The zero-order chi connectivity index (χ0) is 34.9. The summed E-state index contributed by atoms with van der Waals surface area (Å²) < 4.78 is 0. The lowest BCUT2D eigenvalue weighted by atomic mass is 9.84. The van der Waals surface area contributed by atoms with Crippen LogP contribution in [0.1, 0.15) is 5.56 Å². The molecular weight excluding hydrogens is 633 g/mol. The molecule has 0 bridgehead atoms. The van der Waals surface area contributed by atoms with Gasteiger partial charge in [-0.3, -0.25) is 0 Å². The molecule has 0 saturated heterocycles. The number of aromatic nitrogens is 3. The number of rotatable bonds is 6. The number of hydrogen-bond acceptors (Lipinski definition) is 4. The standard InChI is InChI=1S/C48H30N4/c49-31-32-19-21-36(22-20-32)44-40-17-9-7-11-33(40)28-30-43(44)45-41-18-10-8-12-34(41)27-29-42(45)35-23-25-39(26-24-35)48-51-46(37-13-3-1-4-14-37)50-47(52-48)38-15-5-2-6-16-38/h1-30H. The second kappa shape index (κ2) is 13.2. The van der Waals surface area contributed by atoms with E-state index in [9.17, 15) is 5.26 Å². The fourth-order valence-corrected chi connectivity index (χ4v) is 7.04. The van der Waals surface area contributed by atoms with E-state index in [-0.39, 0.29) is 0 Å². The molecule has 0 spiro atoms. The van der Waals surface area contributed by atoms with E-state index in [2.05, 4.69) is 115 Å². The molecule has 9 aromatic rings. The Labute approximate surface area is 302 Å². The summed E-state index contributed by atoms with van der Waals surface area (Å²) in [6.45, 7) is 0. The average Bonchev–Trinajstić information content (AvgIpc) is 3.23. The zero-order valence-corrected chi connectivity index (χ0v) is 28.1. The average molecular weight is 663 g/mol. The molecule has 0 unspecified atom stereocenters. The minimum Gasteiger partial charge on any atom is -0.208 e. The van der Waals surface area contributed by atoms with Crippen LogP contribution in [0.4, 0.5) is 0 Å². The van der Waals surface area contributed by atoms with Gasteiger partial charge in [-0.2, -0.15) is 5.26 Å². The van der Waals surface area contributed by atoms with Crippen LogP contribution in [0.15, 0.2) is 182 Å². The SMILES string of the molecule is N#Cc1ccc(-c2c(-c3c(-c4ccc(-c5nc(-c6ccccc6)nc(-c6ccccc6)n5)cc4)ccc4ccccc34)ccc3ccccc23)cc1. The number of hydrogen-bond donors (Lipinski definition) is 0. The first kappa shape index (κ1) is 30.8. The fourth-order valence-electron chi connectivity index (χ4n) is 7.04. The Hall–Kier alpha value is -7.22. The minimum atomic E-state index is 0.621. The number of fused-ring (bicyclic) bond motifs is 2. The normalized spacial score (nSPS) is 11.1. The van der Waals surface area contributed by atoms with Crippen LogP contribution in [0.2, 0.25) is 0 Å². The van der Waals surface area contributed by atoms with Gasteiger partial charge in [0, 0.05) is 16.7 Å². The van der Waals surface area contributed by atoms with Crippen LogP contribution < -0.4 is 0 Å². The first-order chi connectivity index (χ1) is 25.7. The third-order valence-corrected chi connectivity index (χ3v) is 9.58. The molecule has 0 aliphatic heterocycles. The quantitative estimate of drug-likeness (QED) is 0.178. The van der Waals surface area contributed by atoms with E-state index in [4.69, 9.17) is 15.0 Å². The van der Waals surface area contributed by atoms with Crippen molar-refractivity contribution in [3.63, 3.8) is 0 Å². The van der Waals surface area contributed by atoms with E-state index in [0.717, 1.165) is 55.5 Å². The van der Waals surface area contributed by atoms with Crippen LogP contribution in [0.3, 0.4) is 0 Å². The first-order valence-electron chi connectivity index (χ1n) is 17.3.